The summed E-state index contributed by atoms with van der Waals surface area (Å²) in [5, 5.41) is 3.45. The van der Waals surface area contributed by atoms with Crippen LogP contribution in [0.25, 0.3) is 6.08 Å². The first kappa shape index (κ1) is 18.9. The van der Waals surface area contributed by atoms with Gasteiger partial charge in [-0.25, -0.2) is 0 Å². The van der Waals surface area contributed by atoms with Crippen LogP contribution in [0.2, 0.25) is 0 Å². The average Bonchev–Trinajstić information content (AvgIpc) is 3.30. The number of aryl methyl sites for hydroxylation is 2. The summed E-state index contributed by atoms with van der Waals surface area (Å²) in [7, 11) is 2.13. The van der Waals surface area contributed by atoms with Crippen LogP contribution in [0.5, 0.6) is 0 Å². The summed E-state index contributed by atoms with van der Waals surface area (Å²) in [6, 6.07) is 13.2. The summed E-state index contributed by atoms with van der Waals surface area (Å²) in [6.45, 7) is 4.30. The van der Waals surface area contributed by atoms with E-state index in [1.807, 2.05) is 0 Å². The summed E-state index contributed by atoms with van der Waals surface area (Å²) in [4.78, 5) is 2.28. The molecule has 26 heavy (non-hydrogen) atoms. The summed E-state index contributed by atoms with van der Waals surface area (Å²) < 4.78 is 5.95. The topological polar surface area (TPSA) is 28.4 Å². The van der Waals surface area contributed by atoms with E-state index in [0.29, 0.717) is 0 Å². The molecule has 1 aromatic heterocycles. The normalized spacial score (nSPS) is 18.2. The fraction of sp³-hybridized carbons (Fsp3) is 0.478. The maximum Gasteiger partial charge on any atom is 0.136 e. The Kier molecular flexibility index (Phi) is 7.10. The highest BCUT2D eigenvalue weighted by Gasteiger charge is 2.24. The number of rotatable bonds is 9. The Hall–Kier alpha value is -1.84. The monoisotopic (exact) mass is 352 g/mol. The molecule has 0 spiro atoms. The molecule has 1 saturated heterocycles. The Morgan fingerprint density at radius 3 is 2.62 bits per heavy atom. The lowest BCUT2D eigenvalue weighted by Gasteiger charge is -2.16. The van der Waals surface area contributed by atoms with Gasteiger partial charge in [0.2, 0.25) is 0 Å². The SMILES string of the molecule is CCc1ccc(CCCCCC=Cc2ccc(C3NCCN3C)o2)cc1. The highest BCUT2D eigenvalue weighted by Crippen LogP contribution is 2.22. The Balaban J connectivity index is 1.32. The lowest BCUT2D eigenvalue weighted by Crippen LogP contribution is -2.23. The van der Waals surface area contributed by atoms with Crippen LogP contribution in [0.15, 0.2) is 46.9 Å². The van der Waals surface area contributed by atoms with Crippen LogP contribution >= 0.6 is 0 Å². The van der Waals surface area contributed by atoms with Gasteiger partial charge in [-0.2, -0.15) is 0 Å². The third-order valence-corrected chi connectivity index (χ3v) is 5.21. The van der Waals surface area contributed by atoms with Gasteiger partial charge in [0.25, 0.3) is 0 Å². The molecule has 3 heteroatoms. The predicted molar refractivity (Wildman–Crippen MR) is 109 cm³/mol. The number of nitrogens with one attached hydrogen (secondary N) is 1. The number of allylic oxidation sites excluding steroid dienone is 1. The van der Waals surface area contributed by atoms with Crippen molar-refractivity contribution in [2.75, 3.05) is 20.1 Å². The van der Waals surface area contributed by atoms with E-state index in [2.05, 4.69) is 72.7 Å². The van der Waals surface area contributed by atoms with Crippen LogP contribution in [0.1, 0.15) is 61.4 Å². The van der Waals surface area contributed by atoms with Gasteiger partial charge in [0.1, 0.15) is 17.7 Å². The molecule has 1 fully saturated rings. The largest absolute Gasteiger partial charge is 0.459 e. The molecule has 3 rings (SSSR count). The second kappa shape index (κ2) is 9.75. The first-order valence-corrected chi connectivity index (χ1v) is 10.0. The Bertz CT molecular complexity index is 686. The van der Waals surface area contributed by atoms with E-state index >= 15 is 0 Å². The van der Waals surface area contributed by atoms with E-state index < -0.39 is 0 Å². The molecule has 1 N–H and O–H groups in total. The minimum absolute atomic E-state index is 0.226. The van der Waals surface area contributed by atoms with Gasteiger partial charge < -0.3 is 4.42 Å². The number of furan rings is 1. The highest BCUT2D eigenvalue weighted by molar-refractivity contribution is 5.43. The first-order valence-electron chi connectivity index (χ1n) is 10.0. The van der Waals surface area contributed by atoms with Crippen molar-refractivity contribution >= 4 is 6.08 Å². The molecular formula is C23H32N2O. The molecule has 0 aliphatic carbocycles. The van der Waals surface area contributed by atoms with E-state index in [0.717, 1.165) is 37.5 Å². The molecule has 1 unspecified atom stereocenters. The van der Waals surface area contributed by atoms with Gasteiger partial charge in [-0.05, 0) is 68.5 Å². The molecule has 1 atom stereocenters. The second-order valence-corrected chi connectivity index (χ2v) is 7.25. The molecular weight excluding hydrogens is 320 g/mol. The minimum Gasteiger partial charge on any atom is -0.459 e. The zero-order valence-electron chi connectivity index (χ0n) is 16.2. The standard InChI is InChI=1S/C23H32N2O/c1-3-19-11-13-20(14-12-19)9-7-5-4-6-8-10-21-15-16-22(26-21)23-24-17-18-25(23)2/h8,10-16,23-24H,3-7,9,17-18H2,1-2H3. The molecule has 140 valence electrons. The summed E-state index contributed by atoms with van der Waals surface area (Å²) in [5.74, 6) is 1.97. The quantitative estimate of drug-likeness (QED) is 0.629. The van der Waals surface area contributed by atoms with Crippen molar-refractivity contribution in [1.82, 2.24) is 10.2 Å². The molecule has 0 amide bonds. The fourth-order valence-corrected chi connectivity index (χ4v) is 3.49. The molecule has 0 bridgehead atoms. The zero-order chi connectivity index (χ0) is 18.2. The van der Waals surface area contributed by atoms with Gasteiger partial charge in [0.15, 0.2) is 0 Å². The van der Waals surface area contributed by atoms with Gasteiger partial charge in [-0.1, -0.05) is 43.7 Å². The Morgan fingerprint density at radius 1 is 1.08 bits per heavy atom. The lowest BCUT2D eigenvalue weighted by molar-refractivity contribution is 0.259. The number of benzene rings is 1. The number of unbranched alkanes of at least 4 members (excludes halogenated alkanes) is 3. The fourth-order valence-electron chi connectivity index (χ4n) is 3.49. The molecule has 0 saturated carbocycles. The third kappa shape index (κ3) is 5.33. The maximum atomic E-state index is 5.95. The van der Waals surface area contributed by atoms with Crippen molar-refractivity contribution in [2.24, 2.45) is 0 Å². The van der Waals surface area contributed by atoms with Crippen LogP contribution in [0.3, 0.4) is 0 Å². The summed E-state index contributed by atoms with van der Waals surface area (Å²) in [6.07, 6.45) is 11.8. The van der Waals surface area contributed by atoms with Crippen molar-refractivity contribution in [3.05, 3.63) is 65.1 Å². The minimum atomic E-state index is 0.226. The van der Waals surface area contributed by atoms with Crippen molar-refractivity contribution in [3.8, 4) is 0 Å². The van der Waals surface area contributed by atoms with Crippen LogP contribution in [0.4, 0.5) is 0 Å². The molecule has 1 aliphatic rings. The smallest absolute Gasteiger partial charge is 0.136 e. The summed E-state index contributed by atoms with van der Waals surface area (Å²) >= 11 is 0. The average molecular weight is 353 g/mol. The third-order valence-electron chi connectivity index (χ3n) is 5.21. The van der Waals surface area contributed by atoms with E-state index in [1.54, 1.807) is 0 Å². The van der Waals surface area contributed by atoms with Gasteiger partial charge in [-0.15, -0.1) is 0 Å². The van der Waals surface area contributed by atoms with E-state index in [4.69, 9.17) is 4.42 Å². The van der Waals surface area contributed by atoms with Crippen molar-refractivity contribution in [2.45, 2.75) is 51.6 Å². The Labute approximate surface area is 158 Å². The lowest BCUT2D eigenvalue weighted by atomic mass is 10.0. The van der Waals surface area contributed by atoms with Gasteiger partial charge in [0.05, 0.1) is 0 Å². The van der Waals surface area contributed by atoms with E-state index in [1.165, 1.54) is 36.8 Å². The van der Waals surface area contributed by atoms with Crippen LogP contribution < -0.4 is 5.32 Å². The number of nitrogens with zero attached hydrogens (tertiary/aromatic N) is 1. The second-order valence-electron chi connectivity index (χ2n) is 7.25. The van der Waals surface area contributed by atoms with Gasteiger partial charge in [-0.3, -0.25) is 10.2 Å². The van der Waals surface area contributed by atoms with Crippen LogP contribution in [-0.4, -0.2) is 25.0 Å². The number of hydrogen-bond donors (Lipinski definition) is 1. The van der Waals surface area contributed by atoms with Crippen LogP contribution in [0, 0.1) is 0 Å². The maximum absolute atomic E-state index is 5.95. The first-order chi connectivity index (χ1) is 12.8. The number of likely N-dealkylation sites (N-methyl/N-ethyl adjacent to an activating group) is 1. The molecule has 1 aliphatic heterocycles. The number of hydrogen-bond acceptors (Lipinski definition) is 3. The predicted octanol–water partition coefficient (Wildman–Crippen LogP) is 5.19. The van der Waals surface area contributed by atoms with Gasteiger partial charge in [0, 0.05) is 13.1 Å². The zero-order valence-corrected chi connectivity index (χ0v) is 16.2. The van der Waals surface area contributed by atoms with Crippen molar-refractivity contribution in [1.29, 1.82) is 0 Å². The summed E-state index contributed by atoms with van der Waals surface area (Å²) in [5.41, 5.74) is 2.89. The van der Waals surface area contributed by atoms with Crippen molar-refractivity contribution in [3.63, 3.8) is 0 Å². The highest BCUT2D eigenvalue weighted by atomic mass is 16.3. The molecule has 1 aromatic carbocycles. The van der Waals surface area contributed by atoms with Crippen molar-refractivity contribution < 1.29 is 4.42 Å². The van der Waals surface area contributed by atoms with E-state index in [-0.39, 0.29) is 6.17 Å². The van der Waals surface area contributed by atoms with Gasteiger partial charge >= 0.3 is 0 Å². The van der Waals surface area contributed by atoms with Crippen LogP contribution in [-0.2, 0) is 12.8 Å². The molecule has 0 radical (unpaired) electrons. The molecule has 3 nitrogen and oxygen atoms in total. The molecule has 2 heterocycles. The van der Waals surface area contributed by atoms with E-state index in [9.17, 15) is 0 Å². The Morgan fingerprint density at radius 2 is 1.88 bits per heavy atom. The molecule has 2 aromatic rings.